The van der Waals surface area contributed by atoms with Gasteiger partial charge in [0.15, 0.2) is 0 Å². The second-order valence-corrected chi connectivity index (χ2v) is 6.53. The minimum atomic E-state index is -0.406. The van der Waals surface area contributed by atoms with Crippen molar-refractivity contribution in [3.8, 4) is 11.5 Å². The fourth-order valence-corrected chi connectivity index (χ4v) is 3.29. The second kappa shape index (κ2) is 7.34. The monoisotopic (exact) mass is 334 g/mol. The highest BCUT2D eigenvalue weighted by atomic mass is 16.5. The summed E-state index contributed by atoms with van der Waals surface area (Å²) in [6.45, 7) is 11.3. The van der Waals surface area contributed by atoms with Crippen molar-refractivity contribution in [2.24, 2.45) is 5.92 Å². The molecule has 1 aliphatic heterocycles. The quantitative estimate of drug-likeness (QED) is 0.617. The number of hydrogen-bond acceptors (Lipinski definition) is 5. The Kier molecular flexibility index (Phi) is 5.65. The third kappa shape index (κ3) is 3.61. The highest BCUT2D eigenvalue weighted by Crippen LogP contribution is 2.44. The first-order valence-corrected chi connectivity index (χ1v) is 8.41. The van der Waals surface area contributed by atoms with Crippen LogP contribution in [0.25, 0.3) is 0 Å². The largest absolute Gasteiger partial charge is 0.426 e. The first kappa shape index (κ1) is 18.5. The van der Waals surface area contributed by atoms with Gasteiger partial charge in [0, 0.05) is 30.9 Å². The molecular formula is C19H26O5. The number of fused-ring (bicyclic) bond motifs is 1. The van der Waals surface area contributed by atoms with Gasteiger partial charge >= 0.3 is 11.9 Å². The van der Waals surface area contributed by atoms with Crippen molar-refractivity contribution in [1.29, 1.82) is 0 Å². The Balaban J connectivity index is 2.56. The summed E-state index contributed by atoms with van der Waals surface area (Å²) in [6, 6.07) is 1.89. The molecule has 1 heterocycles. The van der Waals surface area contributed by atoms with E-state index in [0.29, 0.717) is 29.6 Å². The van der Waals surface area contributed by atoms with Crippen LogP contribution in [-0.4, -0.2) is 18.0 Å². The van der Waals surface area contributed by atoms with Crippen LogP contribution in [0.15, 0.2) is 6.07 Å². The number of benzene rings is 1. The second-order valence-electron chi connectivity index (χ2n) is 6.53. The summed E-state index contributed by atoms with van der Waals surface area (Å²) in [6.07, 6.45) is 1.10. The van der Waals surface area contributed by atoms with Crippen molar-refractivity contribution in [3.63, 3.8) is 0 Å². The molecule has 24 heavy (non-hydrogen) atoms. The number of esters is 2. The molecule has 0 saturated carbocycles. The maximum absolute atomic E-state index is 11.5. The first-order chi connectivity index (χ1) is 11.3. The number of carbonyl (C=O) groups is 2. The molecule has 5 heteroatoms. The lowest BCUT2D eigenvalue weighted by Gasteiger charge is -2.36. The standard InChI is InChI=1S/C19H26O5/c1-7-10(2)18-11(3)15-8-17(23-13(5)20)12(4)19(24-14(6)21)16(15)9-22-18/h8,10-11,18H,7,9H2,1-6H3/t10-,11+,18-/m1/s1. The molecule has 0 radical (unpaired) electrons. The zero-order valence-corrected chi connectivity index (χ0v) is 15.3. The Hall–Kier alpha value is -1.88. The van der Waals surface area contributed by atoms with E-state index in [1.54, 1.807) is 6.92 Å². The molecule has 0 aliphatic carbocycles. The van der Waals surface area contributed by atoms with Crippen LogP contribution in [-0.2, 0) is 20.9 Å². The highest BCUT2D eigenvalue weighted by molar-refractivity contribution is 5.74. The van der Waals surface area contributed by atoms with Gasteiger partial charge in [0.25, 0.3) is 0 Å². The molecule has 0 unspecified atom stereocenters. The smallest absolute Gasteiger partial charge is 0.308 e. The molecule has 0 saturated heterocycles. The summed E-state index contributed by atoms with van der Waals surface area (Å²) in [4.78, 5) is 22.9. The fourth-order valence-electron chi connectivity index (χ4n) is 3.29. The maximum atomic E-state index is 11.5. The molecule has 1 aromatic carbocycles. The summed E-state index contributed by atoms with van der Waals surface area (Å²) in [5, 5.41) is 0. The van der Waals surface area contributed by atoms with Gasteiger partial charge in [-0.1, -0.05) is 27.2 Å². The van der Waals surface area contributed by atoms with Gasteiger partial charge in [0.1, 0.15) is 11.5 Å². The van der Waals surface area contributed by atoms with Gasteiger partial charge in [-0.05, 0) is 24.5 Å². The molecule has 0 N–H and O–H groups in total. The van der Waals surface area contributed by atoms with Crippen molar-refractivity contribution in [3.05, 3.63) is 22.8 Å². The zero-order chi connectivity index (χ0) is 18.0. The van der Waals surface area contributed by atoms with E-state index in [1.807, 2.05) is 6.07 Å². The van der Waals surface area contributed by atoms with Gasteiger partial charge in [-0.25, -0.2) is 0 Å². The van der Waals surface area contributed by atoms with Crippen molar-refractivity contribution < 1.29 is 23.8 Å². The molecule has 1 aliphatic rings. The van der Waals surface area contributed by atoms with Crippen molar-refractivity contribution in [2.45, 2.75) is 66.6 Å². The van der Waals surface area contributed by atoms with Crippen LogP contribution in [0, 0.1) is 12.8 Å². The minimum Gasteiger partial charge on any atom is -0.426 e. The number of ether oxygens (including phenoxy) is 3. The number of hydrogen-bond donors (Lipinski definition) is 0. The molecule has 2 rings (SSSR count). The topological polar surface area (TPSA) is 61.8 Å². The van der Waals surface area contributed by atoms with Crippen LogP contribution in [0.3, 0.4) is 0 Å². The number of rotatable bonds is 4. The summed E-state index contributed by atoms with van der Waals surface area (Å²) in [5.41, 5.74) is 2.52. The van der Waals surface area contributed by atoms with E-state index in [4.69, 9.17) is 14.2 Å². The molecule has 0 spiro atoms. The Labute approximate surface area is 143 Å². The Morgan fingerprint density at radius 2 is 1.92 bits per heavy atom. The van der Waals surface area contributed by atoms with Crippen LogP contribution >= 0.6 is 0 Å². The lowest BCUT2D eigenvalue weighted by Crippen LogP contribution is -2.32. The normalized spacial score (nSPS) is 20.9. The van der Waals surface area contributed by atoms with E-state index in [-0.39, 0.29) is 12.0 Å². The summed E-state index contributed by atoms with van der Waals surface area (Å²) >= 11 is 0. The van der Waals surface area contributed by atoms with Crippen LogP contribution < -0.4 is 9.47 Å². The summed E-state index contributed by atoms with van der Waals surface area (Å²) in [5.74, 6) is 0.610. The Morgan fingerprint density at radius 3 is 2.46 bits per heavy atom. The lowest BCUT2D eigenvalue weighted by atomic mass is 9.81. The van der Waals surface area contributed by atoms with E-state index in [0.717, 1.165) is 17.5 Å². The highest BCUT2D eigenvalue weighted by Gasteiger charge is 2.34. The van der Waals surface area contributed by atoms with Gasteiger partial charge in [-0.3, -0.25) is 9.59 Å². The van der Waals surface area contributed by atoms with Gasteiger partial charge in [-0.2, -0.15) is 0 Å². The zero-order valence-electron chi connectivity index (χ0n) is 15.3. The molecule has 3 atom stereocenters. The minimum absolute atomic E-state index is 0.0839. The van der Waals surface area contributed by atoms with E-state index in [9.17, 15) is 9.59 Å². The van der Waals surface area contributed by atoms with E-state index < -0.39 is 11.9 Å². The molecule has 0 aromatic heterocycles. The van der Waals surface area contributed by atoms with Gasteiger partial charge in [-0.15, -0.1) is 0 Å². The molecule has 1 aromatic rings. The predicted molar refractivity (Wildman–Crippen MR) is 90.2 cm³/mol. The third-order valence-corrected chi connectivity index (χ3v) is 4.73. The van der Waals surface area contributed by atoms with Gasteiger partial charge < -0.3 is 14.2 Å². The molecule has 0 fully saturated rings. The molecule has 5 nitrogen and oxygen atoms in total. The summed E-state index contributed by atoms with van der Waals surface area (Å²) < 4.78 is 16.8. The molecule has 0 amide bonds. The maximum Gasteiger partial charge on any atom is 0.308 e. The Bertz CT molecular complexity index is 650. The first-order valence-electron chi connectivity index (χ1n) is 8.41. The molecular weight excluding hydrogens is 308 g/mol. The van der Waals surface area contributed by atoms with Gasteiger partial charge in [0.05, 0.1) is 12.7 Å². The Morgan fingerprint density at radius 1 is 1.29 bits per heavy atom. The van der Waals surface area contributed by atoms with Gasteiger partial charge in [0.2, 0.25) is 0 Å². The van der Waals surface area contributed by atoms with Crippen molar-refractivity contribution >= 4 is 11.9 Å². The fraction of sp³-hybridized carbons (Fsp3) is 0.579. The third-order valence-electron chi connectivity index (χ3n) is 4.73. The predicted octanol–water partition coefficient (Wildman–Crippen LogP) is 3.89. The van der Waals surface area contributed by atoms with Crippen molar-refractivity contribution in [1.82, 2.24) is 0 Å². The average Bonchev–Trinajstić information content (AvgIpc) is 2.50. The number of carbonyl (C=O) groups excluding carboxylic acids is 2. The average molecular weight is 334 g/mol. The van der Waals surface area contributed by atoms with Crippen molar-refractivity contribution in [2.75, 3.05) is 0 Å². The van der Waals surface area contributed by atoms with E-state index >= 15 is 0 Å². The molecule has 132 valence electrons. The van der Waals surface area contributed by atoms with E-state index in [2.05, 4.69) is 20.8 Å². The van der Waals surface area contributed by atoms with Crippen LogP contribution in [0.4, 0.5) is 0 Å². The lowest BCUT2D eigenvalue weighted by molar-refractivity contribution is -0.132. The summed E-state index contributed by atoms with van der Waals surface area (Å²) in [7, 11) is 0. The van der Waals surface area contributed by atoms with Crippen LogP contribution in [0.2, 0.25) is 0 Å². The van der Waals surface area contributed by atoms with Crippen LogP contribution in [0.1, 0.15) is 63.6 Å². The van der Waals surface area contributed by atoms with E-state index in [1.165, 1.54) is 13.8 Å². The molecule has 0 bridgehead atoms. The van der Waals surface area contributed by atoms with Crippen LogP contribution in [0.5, 0.6) is 11.5 Å². The SMILES string of the molecule is CC[C@@H](C)[C@H]1OCc2c(cc(OC(C)=O)c(C)c2OC(C)=O)[C@@H]1C.